The van der Waals surface area contributed by atoms with Crippen LogP contribution in [0, 0.1) is 0 Å². The minimum atomic E-state index is 0.218. The molecule has 20 heavy (non-hydrogen) atoms. The van der Waals surface area contributed by atoms with Crippen LogP contribution in [0.25, 0.3) is 0 Å². The van der Waals surface area contributed by atoms with E-state index in [1.807, 2.05) is 27.7 Å². The summed E-state index contributed by atoms with van der Waals surface area (Å²) in [5.41, 5.74) is 0. The summed E-state index contributed by atoms with van der Waals surface area (Å²) in [6, 6.07) is 0.338. The largest absolute Gasteiger partial charge is 0.463 e. The van der Waals surface area contributed by atoms with E-state index in [0.29, 0.717) is 37.7 Å². The first-order chi connectivity index (χ1) is 9.65. The van der Waals surface area contributed by atoms with E-state index in [1.54, 1.807) is 0 Å². The van der Waals surface area contributed by atoms with Crippen molar-refractivity contribution in [3.8, 4) is 6.01 Å². The molecular weight excluding hydrogens is 258 g/mol. The molecule has 1 aromatic heterocycles. The van der Waals surface area contributed by atoms with Crippen molar-refractivity contribution < 1.29 is 9.47 Å². The molecule has 0 saturated heterocycles. The van der Waals surface area contributed by atoms with E-state index >= 15 is 0 Å². The molecule has 0 aliphatic rings. The van der Waals surface area contributed by atoms with Crippen LogP contribution in [-0.4, -0.2) is 47.4 Å². The summed E-state index contributed by atoms with van der Waals surface area (Å²) in [4.78, 5) is 12.7. The summed E-state index contributed by atoms with van der Waals surface area (Å²) in [6.45, 7) is 10.6. The molecule has 7 heteroatoms. The van der Waals surface area contributed by atoms with Crippen molar-refractivity contribution in [2.75, 3.05) is 36.9 Å². The lowest BCUT2D eigenvalue weighted by Gasteiger charge is -2.11. The fraction of sp³-hybridized carbons (Fsp3) is 0.769. The smallest absolute Gasteiger partial charge is 0.323 e. The predicted octanol–water partition coefficient (Wildman–Crippen LogP) is 1.93. The predicted molar refractivity (Wildman–Crippen MR) is 79.4 cm³/mol. The van der Waals surface area contributed by atoms with E-state index in [1.165, 1.54) is 0 Å². The lowest BCUT2D eigenvalue weighted by Crippen LogP contribution is -2.16. The van der Waals surface area contributed by atoms with Crippen molar-refractivity contribution in [1.82, 2.24) is 15.0 Å². The van der Waals surface area contributed by atoms with E-state index in [-0.39, 0.29) is 6.10 Å². The Kier molecular flexibility index (Phi) is 7.64. The van der Waals surface area contributed by atoms with Gasteiger partial charge in [-0.05, 0) is 27.2 Å². The Hall–Kier alpha value is -1.63. The van der Waals surface area contributed by atoms with E-state index in [0.717, 1.165) is 13.0 Å². The van der Waals surface area contributed by atoms with Gasteiger partial charge in [-0.3, -0.25) is 0 Å². The number of rotatable bonds is 10. The van der Waals surface area contributed by atoms with Crippen molar-refractivity contribution in [2.45, 2.75) is 40.2 Å². The summed E-state index contributed by atoms with van der Waals surface area (Å²) in [6.07, 6.45) is 1.13. The Balaban J connectivity index is 2.60. The zero-order chi connectivity index (χ0) is 14.8. The second-order valence-corrected chi connectivity index (χ2v) is 4.49. The summed E-state index contributed by atoms with van der Waals surface area (Å²) in [7, 11) is 0. The van der Waals surface area contributed by atoms with Gasteiger partial charge in [0, 0.05) is 13.1 Å². The average Bonchev–Trinajstić information content (AvgIpc) is 2.41. The van der Waals surface area contributed by atoms with Crippen LogP contribution in [0.4, 0.5) is 11.9 Å². The summed E-state index contributed by atoms with van der Waals surface area (Å²) < 4.78 is 10.9. The summed E-state index contributed by atoms with van der Waals surface area (Å²) in [5.74, 6) is 1.01. The quantitative estimate of drug-likeness (QED) is 0.635. The number of anilines is 2. The van der Waals surface area contributed by atoms with Gasteiger partial charge in [-0.15, -0.1) is 0 Å². The number of nitrogens with one attached hydrogen (secondary N) is 2. The van der Waals surface area contributed by atoms with Gasteiger partial charge in [0.1, 0.15) is 0 Å². The van der Waals surface area contributed by atoms with E-state index in [4.69, 9.17) is 9.47 Å². The number of nitrogens with zero attached hydrogens (tertiary/aromatic N) is 3. The highest BCUT2D eigenvalue weighted by Crippen LogP contribution is 2.11. The van der Waals surface area contributed by atoms with Gasteiger partial charge in [-0.25, -0.2) is 0 Å². The van der Waals surface area contributed by atoms with Gasteiger partial charge in [0.05, 0.1) is 19.3 Å². The van der Waals surface area contributed by atoms with E-state index < -0.39 is 0 Å². The monoisotopic (exact) mass is 283 g/mol. The first-order valence-corrected chi connectivity index (χ1v) is 7.13. The molecule has 1 aromatic rings. The highest BCUT2D eigenvalue weighted by Gasteiger charge is 2.06. The number of hydrogen-bond donors (Lipinski definition) is 2. The second kappa shape index (κ2) is 9.30. The van der Waals surface area contributed by atoms with Crippen LogP contribution >= 0.6 is 0 Å². The highest BCUT2D eigenvalue weighted by atomic mass is 16.5. The molecule has 0 bridgehead atoms. The molecule has 2 N–H and O–H groups in total. The molecule has 0 aliphatic carbocycles. The standard InChI is InChI=1S/C13H25N5O2/c1-5-8-20-13-17-11(14-6-2)16-12(18-13)15-7-9-19-10(3)4/h10H,5-9H2,1-4H3,(H2,14,15,16,17,18). The topological polar surface area (TPSA) is 81.2 Å². The molecule has 0 amide bonds. The van der Waals surface area contributed by atoms with Gasteiger partial charge >= 0.3 is 6.01 Å². The van der Waals surface area contributed by atoms with Gasteiger partial charge in [0.25, 0.3) is 0 Å². The third-order valence-electron chi connectivity index (χ3n) is 2.22. The van der Waals surface area contributed by atoms with E-state index in [9.17, 15) is 0 Å². The lowest BCUT2D eigenvalue weighted by molar-refractivity contribution is 0.0869. The molecule has 1 heterocycles. The van der Waals surface area contributed by atoms with Gasteiger partial charge < -0.3 is 20.1 Å². The molecule has 0 saturated carbocycles. The molecule has 7 nitrogen and oxygen atoms in total. The van der Waals surface area contributed by atoms with Crippen molar-refractivity contribution in [3.05, 3.63) is 0 Å². The fourth-order valence-electron chi connectivity index (χ4n) is 1.39. The Morgan fingerprint density at radius 1 is 1.00 bits per heavy atom. The molecule has 0 aliphatic heterocycles. The Morgan fingerprint density at radius 3 is 2.30 bits per heavy atom. The van der Waals surface area contributed by atoms with Crippen LogP contribution in [0.3, 0.4) is 0 Å². The first-order valence-electron chi connectivity index (χ1n) is 7.13. The number of aromatic nitrogens is 3. The molecule has 114 valence electrons. The third kappa shape index (κ3) is 6.51. The molecule has 0 aromatic carbocycles. The van der Waals surface area contributed by atoms with Crippen molar-refractivity contribution >= 4 is 11.9 Å². The van der Waals surface area contributed by atoms with Crippen LogP contribution in [-0.2, 0) is 4.74 Å². The fourth-order valence-corrected chi connectivity index (χ4v) is 1.39. The molecule has 0 unspecified atom stereocenters. The van der Waals surface area contributed by atoms with Crippen molar-refractivity contribution in [1.29, 1.82) is 0 Å². The second-order valence-electron chi connectivity index (χ2n) is 4.49. The normalized spacial score (nSPS) is 10.7. The number of ether oxygens (including phenoxy) is 2. The summed E-state index contributed by atoms with van der Waals surface area (Å²) >= 11 is 0. The zero-order valence-corrected chi connectivity index (χ0v) is 12.8. The van der Waals surface area contributed by atoms with Crippen LogP contribution in [0.5, 0.6) is 6.01 Å². The maximum absolute atomic E-state index is 5.46. The molecule has 0 radical (unpaired) electrons. The van der Waals surface area contributed by atoms with Gasteiger partial charge in [-0.1, -0.05) is 6.92 Å². The SMILES string of the molecule is CCCOc1nc(NCC)nc(NCCOC(C)C)n1. The minimum Gasteiger partial charge on any atom is -0.463 e. The zero-order valence-electron chi connectivity index (χ0n) is 12.8. The minimum absolute atomic E-state index is 0.218. The van der Waals surface area contributed by atoms with Gasteiger partial charge in [0.15, 0.2) is 0 Å². The van der Waals surface area contributed by atoms with Crippen LogP contribution < -0.4 is 15.4 Å². The summed E-state index contributed by atoms with van der Waals surface area (Å²) in [5, 5.41) is 6.17. The molecule has 0 fully saturated rings. The Bertz CT molecular complexity index is 387. The van der Waals surface area contributed by atoms with Crippen LogP contribution in [0.15, 0.2) is 0 Å². The maximum Gasteiger partial charge on any atom is 0.323 e. The molecular formula is C13H25N5O2. The van der Waals surface area contributed by atoms with Gasteiger partial charge in [0.2, 0.25) is 11.9 Å². The van der Waals surface area contributed by atoms with Crippen LogP contribution in [0.1, 0.15) is 34.1 Å². The van der Waals surface area contributed by atoms with Crippen molar-refractivity contribution in [2.24, 2.45) is 0 Å². The van der Waals surface area contributed by atoms with E-state index in [2.05, 4.69) is 25.6 Å². The maximum atomic E-state index is 5.46. The lowest BCUT2D eigenvalue weighted by atomic mass is 10.5. The van der Waals surface area contributed by atoms with Crippen molar-refractivity contribution in [3.63, 3.8) is 0 Å². The molecule has 0 spiro atoms. The molecule has 1 rings (SSSR count). The Labute approximate surface area is 120 Å². The average molecular weight is 283 g/mol. The third-order valence-corrected chi connectivity index (χ3v) is 2.22. The Morgan fingerprint density at radius 2 is 1.70 bits per heavy atom. The molecule has 0 atom stereocenters. The van der Waals surface area contributed by atoms with Gasteiger partial charge in [-0.2, -0.15) is 15.0 Å². The highest BCUT2D eigenvalue weighted by molar-refractivity contribution is 5.35. The number of hydrogen-bond acceptors (Lipinski definition) is 7. The van der Waals surface area contributed by atoms with Crippen LogP contribution in [0.2, 0.25) is 0 Å². The first kappa shape index (κ1) is 16.4.